The van der Waals surface area contributed by atoms with Crippen molar-refractivity contribution in [2.75, 3.05) is 40.4 Å². The molecule has 0 aromatic carbocycles. The minimum Gasteiger partial charge on any atom is -0.369 e. The van der Waals surface area contributed by atoms with Gasteiger partial charge in [0.15, 0.2) is 0 Å². The fourth-order valence-electron chi connectivity index (χ4n) is 2.64. The molecule has 124 valence electrons. The van der Waals surface area contributed by atoms with Crippen molar-refractivity contribution < 1.29 is 14.3 Å². The Morgan fingerprint density at radius 3 is 3.00 bits per heavy atom. The average molecular weight is 310 g/mol. The van der Waals surface area contributed by atoms with Crippen molar-refractivity contribution >= 4 is 5.91 Å². The number of rotatable bonds is 6. The number of aromatic nitrogens is 2. The Labute approximate surface area is 131 Å². The van der Waals surface area contributed by atoms with E-state index in [-0.39, 0.29) is 24.2 Å². The highest BCUT2D eigenvalue weighted by Crippen LogP contribution is 2.22. The zero-order valence-electron chi connectivity index (χ0n) is 13.8. The van der Waals surface area contributed by atoms with Crippen LogP contribution in [-0.2, 0) is 20.8 Å². The van der Waals surface area contributed by atoms with Gasteiger partial charge in [0.25, 0.3) is 0 Å². The maximum absolute atomic E-state index is 11.5. The number of morpholine rings is 1. The van der Waals surface area contributed by atoms with E-state index in [4.69, 9.17) is 9.47 Å². The van der Waals surface area contributed by atoms with Crippen LogP contribution in [0.1, 0.15) is 19.5 Å². The Morgan fingerprint density at radius 1 is 1.59 bits per heavy atom. The van der Waals surface area contributed by atoms with Crippen molar-refractivity contribution in [3.8, 4) is 0 Å². The molecule has 7 heteroatoms. The Balaban J connectivity index is 1.84. The molecule has 1 fully saturated rings. The topological polar surface area (TPSA) is 70.7 Å². The molecule has 0 radical (unpaired) electrons. The third kappa shape index (κ3) is 5.08. The van der Waals surface area contributed by atoms with Gasteiger partial charge in [-0.15, -0.1) is 0 Å². The molecule has 1 aromatic rings. The molecular formula is C15H26N4O3. The predicted octanol–water partition coefficient (Wildman–Crippen LogP) is 0.494. The minimum absolute atomic E-state index is 0.0376. The van der Waals surface area contributed by atoms with Gasteiger partial charge >= 0.3 is 0 Å². The number of ether oxygens (including phenoxy) is 2. The van der Waals surface area contributed by atoms with Gasteiger partial charge in [-0.25, -0.2) is 4.98 Å². The fourth-order valence-corrected chi connectivity index (χ4v) is 2.64. The summed E-state index contributed by atoms with van der Waals surface area (Å²) in [7, 11) is 3.44. The van der Waals surface area contributed by atoms with Crippen LogP contribution in [0.4, 0.5) is 0 Å². The van der Waals surface area contributed by atoms with Gasteiger partial charge in [0.05, 0.1) is 24.6 Å². The summed E-state index contributed by atoms with van der Waals surface area (Å²) in [6.45, 7) is 7.09. The van der Waals surface area contributed by atoms with Gasteiger partial charge in [-0.1, -0.05) is 0 Å². The molecule has 7 nitrogen and oxygen atoms in total. The SMILES string of the molecule is CN(C)C(=O)COC[C@H]1CN(Cc2cnc[nH]2)CC(C)(C)O1. The van der Waals surface area contributed by atoms with E-state index in [0.717, 1.165) is 25.3 Å². The van der Waals surface area contributed by atoms with E-state index in [1.165, 1.54) is 4.90 Å². The quantitative estimate of drug-likeness (QED) is 0.828. The highest BCUT2D eigenvalue weighted by molar-refractivity contribution is 5.76. The first-order valence-corrected chi connectivity index (χ1v) is 7.51. The third-order valence-electron chi connectivity index (χ3n) is 3.53. The zero-order chi connectivity index (χ0) is 16.2. The summed E-state index contributed by atoms with van der Waals surface area (Å²) in [4.78, 5) is 22.5. The van der Waals surface area contributed by atoms with Crippen LogP contribution in [0.2, 0.25) is 0 Å². The number of hydrogen-bond acceptors (Lipinski definition) is 5. The number of imidazole rings is 1. The smallest absolute Gasteiger partial charge is 0.248 e. The lowest BCUT2D eigenvalue weighted by molar-refractivity contribution is -0.161. The maximum atomic E-state index is 11.5. The Kier molecular flexibility index (Phi) is 5.55. The first kappa shape index (κ1) is 16.9. The molecule has 0 saturated carbocycles. The maximum Gasteiger partial charge on any atom is 0.248 e. The Bertz CT molecular complexity index is 473. The second kappa shape index (κ2) is 7.21. The number of amides is 1. The minimum atomic E-state index is -0.238. The first-order chi connectivity index (χ1) is 10.4. The van der Waals surface area contributed by atoms with Gasteiger partial charge in [-0.2, -0.15) is 0 Å². The average Bonchev–Trinajstić information content (AvgIpc) is 2.89. The Hall–Kier alpha value is -1.44. The number of nitrogens with zero attached hydrogens (tertiary/aromatic N) is 3. The van der Waals surface area contributed by atoms with Crippen LogP contribution in [0.5, 0.6) is 0 Å². The molecule has 0 spiro atoms. The summed E-state index contributed by atoms with van der Waals surface area (Å²) in [5, 5.41) is 0. The van der Waals surface area contributed by atoms with E-state index < -0.39 is 0 Å². The number of H-pyrrole nitrogens is 1. The molecule has 2 heterocycles. The summed E-state index contributed by atoms with van der Waals surface area (Å²) < 4.78 is 11.6. The van der Waals surface area contributed by atoms with Gasteiger partial charge < -0.3 is 19.4 Å². The van der Waals surface area contributed by atoms with E-state index in [9.17, 15) is 4.79 Å². The van der Waals surface area contributed by atoms with Gasteiger partial charge in [0.2, 0.25) is 5.91 Å². The number of carbonyl (C=O) groups excluding carboxylic acids is 1. The molecule has 1 aromatic heterocycles. The number of likely N-dealkylation sites (N-methyl/N-ethyl adjacent to an activating group) is 1. The molecule has 0 unspecified atom stereocenters. The number of hydrogen-bond donors (Lipinski definition) is 1. The summed E-state index contributed by atoms with van der Waals surface area (Å²) >= 11 is 0. The monoisotopic (exact) mass is 310 g/mol. The highest BCUT2D eigenvalue weighted by atomic mass is 16.5. The van der Waals surface area contributed by atoms with Gasteiger partial charge in [0.1, 0.15) is 6.61 Å². The second-order valence-electron chi connectivity index (χ2n) is 6.55. The van der Waals surface area contributed by atoms with Crippen LogP contribution in [0, 0.1) is 0 Å². The lowest BCUT2D eigenvalue weighted by Gasteiger charge is -2.42. The van der Waals surface area contributed by atoms with Gasteiger partial charge in [-0.3, -0.25) is 9.69 Å². The molecule has 1 saturated heterocycles. The second-order valence-corrected chi connectivity index (χ2v) is 6.55. The zero-order valence-corrected chi connectivity index (χ0v) is 13.8. The molecule has 0 bridgehead atoms. The predicted molar refractivity (Wildman–Crippen MR) is 82.3 cm³/mol. The van der Waals surface area contributed by atoms with Crippen molar-refractivity contribution in [2.45, 2.75) is 32.1 Å². The van der Waals surface area contributed by atoms with E-state index in [2.05, 4.69) is 28.7 Å². The lowest BCUT2D eigenvalue weighted by atomic mass is 10.1. The summed E-state index contributed by atoms with van der Waals surface area (Å²) in [6, 6.07) is 0. The van der Waals surface area contributed by atoms with Crippen LogP contribution in [0.3, 0.4) is 0 Å². The summed E-state index contributed by atoms with van der Waals surface area (Å²) in [5.41, 5.74) is 0.845. The molecule has 1 aliphatic rings. The molecule has 1 amide bonds. The van der Waals surface area contributed by atoms with Crippen LogP contribution >= 0.6 is 0 Å². The third-order valence-corrected chi connectivity index (χ3v) is 3.53. The van der Waals surface area contributed by atoms with Crippen molar-refractivity contribution in [1.29, 1.82) is 0 Å². The number of aromatic amines is 1. The Morgan fingerprint density at radius 2 is 2.36 bits per heavy atom. The van der Waals surface area contributed by atoms with Crippen LogP contribution in [0.15, 0.2) is 12.5 Å². The number of carbonyl (C=O) groups is 1. The molecule has 22 heavy (non-hydrogen) atoms. The van der Waals surface area contributed by atoms with Gasteiger partial charge in [-0.05, 0) is 13.8 Å². The van der Waals surface area contributed by atoms with Crippen molar-refractivity contribution in [3.05, 3.63) is 18.2 Å². The van der Waals surface area contributed by atoms with Crippen molar-refractivity contribution in [2.24, 2.45) is 0 Å². The van der Waals surface area contributed by atoms with Crippen molar-refractivity contribution in [1.82, 2.24) is 19.8 Å². The largest absolute Gasteiger partial charge is 0.369 e. The number of nitrogens with one attached hydrogen (secondary N) is 1. The molecular weight excluding hydrogens is 284 g/mol. The first-order valence-electron chi connectivity index (χ1n) is 7.51. The molecule has 1 N–H and O–H groups in total. The molecule has 0 aliphatic carbocycles. The van der Waals surface area contributed by atoms with E-state index in [0.29, 0.717) is 6.61 Å². The van der Waals surface area contributed by atoms with Crippen LogP contribution < -0.4 is 0 Å². The lowest BCUT2D eigenvalue weighted by Crippen LogP contribution is -2.53. The molecule has 1 aliphatic heterocycles. The van der Waals surface area contributed by atoms with E-state index in [1.807, 2.05) is 6.20 Å². The fraction of sp³-hybridized carbons (Fsp3) is 0.733. The summed E-state index contributed by atoms with van der Waals surface area (Å²) in [6.07, 6.45) is 3.49. The van der Waals surface area contributed by atoms with Crippen LogP contribution in [0.25, 0.3) is 0 Å². The highest BCUT2D eigenvalue weighted by Gasteiger charge is 2.33. The molecule has 2 rings (SSSR count). The standard InChI is InChI=1S/C15H26N4O3/c1-15(2)10-19(6-12-5-16-11-17-12)7-13(22-15)8-21-9-14(20)18(3)4/h5,11,13H,6-10H2,1-4H3,(H,16,17)/t13-/m1/s1. The normalized spacial score (nSPS) is 21.7. The van der Waals surface area contributed by atoms with Gasteiger partial charge in [0, 0.05) is 45.6 Å². The van der Waals surface area contributed by atoms with E-state index >= 15 is 0 Å². The van der Waals surface area contributed by atoms with E-state index in [1.54, 1.807) is 20.4 Å². The van der Waals surface area contributed by atoms with Crippen LogP contribution in [-0.4, -0.2) is 77.8 Å². The molecule has 1 atom stereocenters. The summed E-state index contributed by atoms with van der Waals surface area (Å²) in [5.74, 6) is -0.0376. The van der Waals surface area contributed by atoms with Crippen molar-refractivity contribution in [3.63, 3.8) is 0 Å².